The molecule has 0 heterocycles. The zero-order valence-electron chi connectivity index (χ0n) is 9.03. The van der Waals surface area contributed by atoms with E-state index in [0.717, 1.165) is 0 Å². The van der Waals surface area contributed by atoms with Crippen molar-refractivity contribution in [1.29, 1.82) is 0 Å². The number of hydrogen-bond acceptors (Lipinski definition) is 3. The van der Waals surface area contributed by atoms with Gasteiger partial charge in [-0.3, -0.25) is 0 Å². The number of benzene rings is 1. The highest BCUT2D eigenvalue weighted by Crippen LogP contribution is 2.14. The van der Waals surface area contributed by atoms with E-state index >= 15 is 0 Å². The number of rotatable bonds is 5. The first-order valence-electron chi connectivity index (χ1n) is 5.02. The maximum atomic E-state index is 13.1. The lowest BCUT2D eigenvalue weighted by Gasteiger charge is -2.07. The van der Waals surface area contributed by atoms with Gasteiger partial charge in [-0.2, -0.15) is 0 Å². The smallest absolute Gasteiger partial charge is 0.407 e. The zero-order chi connectivity index (χ0) is 11.8. The molecular weight excluding hydrogens is 213 g/mol. The molecule has 0 aromatic heterocycles. The van der Waals surface area contributed by atoms with E-state index in [1.807, 2.05) is 0 Å². The van der Waals surface area contributed by atoms with Gasteiger partial charge in [0.2, 0.25) is 0 Å². The molecule has 88 valence electrons. The maximum absolute atomic E-state index is 13.1. The normalized spacial score (nSPS) is 9.62. The van der Waals surface area contributed by atoms with Gasteiger partial charge in [0.15, 0.2) is 11.6 Å². The summed E-state index contributed by atoms with van der Waals surface area (Å²) in [5.41, 5.74) is 0. The summed E-state index contributed by atoms with van der Waals surface area (Å²) in [6, 6.07) is 6.10. The second-order valence-corrected chi connectivity index (χ2v) is 2.93. The van der Waals surface area contributed by atoms with E-state index < -0.39 is 11.9 Å². The Kier molecular flexibility index (Phi) is 5.11. The van der Waals surface area contributed by atoms with Gasteiger partial charge in [-0.05, 0) is 19.1 Å². The molecule has 0 spiro atoms. The topological polar surface area (TPSA) is 47.6 Å². The molecule has 0 saturated carbocycles. The van der Waals surface area contributed by atoms with Crippen LogP contribution in [0.5, 0.6) is 5.75 Å². The molecule has 0 aliphatic carbocycles. The first-order chi connectivity index (χ1) is 7.74. The summed E-state index contributed by atoms with van der Waals surface area (Å²) >= 11 is 0. The Morgan fingerprint density at radius 2 is 2.19 bits per heavy atom. The van der Waals surface area contributed by atoms with Gasteiger partial charge in [-0.25, -0.2) is 9.18 Å². The highest BCUT2D eigenvalue weighted by atomic mass is 19.1. The summed E-state index contributed by atoms with van der Waals surface area (Å²) in [6.45, 7) is 2.50. The van der Waals surface area contributed by atoms with Gasteiger partial charge >= 0.3 is 6.09 Å². The molecule has 0 aliphatic heterocycles. The van der Waals surface area contributed by atoms with Crippen LogP contribution in [-0.2, 0) is 4.74 Å². The molecule has 0 radical (unpaired) electrons. The van der Waals surface area contributed by atoms with Crippen LogP contribution in [-0.4, -0.2) is 25.9 Å². The van der Waals surface area contributed by atoms with Gasteiger partial charge < -0.3 is 14.8 Å². The van der Waals surface area contributed by atoms with Crippen molar-refractivity contribution < 1.29 is 18.7 Å². The number of hydrogen-bond donors (Lipinski definition) is 1. The Bertz CT molecular complexity index is 344. The highest BCUT2D eigenvalue weighted by molar-refractivity contribution is 5.66. The van der Waals surface area contributed by atoms with Gasteiger partial charge in [0.25, 0.3) is 0 Å². The number of amides is 1. The second kappa shape index (κ2) is 6.66. The molecule has 1 amide bonds. The van der Waals surface area contributed by atoms with Gasteiger partial charge in [0, 0.05) is 0 Å². The standard InChI is InChI=1S/C11H14FNO3/c1-2-15-11(14)13-7-8-16-10-6-4-3-5-9(10)12/h3-6H,2,7-8H2,1H3,(H,13,14). The predicted octanol–water partition coefficient (Wildman–Crippen LogP) is 1.95. The molecular formula is C11H14FNO3. The fraction of sp³-hybridized carbons (Fsp3) is 0.364. The summed E-state index contributed by atoms with van der Waals surface area (Å²) in [6.07, 6.45) is -0.500. The van der Waals surface area contributed by atoms with Crippen molar-refractivity contribution in [2.75, 3.05) is 19.8 Å². The minimum atomic E-state index is -0.500. The molecule has 1 N–H and O–H groups in total. The van der Waals surface area contributed by atoms with Crippen LogP contribution < -0.4 is 10.1 Å². The third kappa shape index (κ3) is 4.16. The van der Waals surface area contributed by atoms with E-state index in [4.69, 9.17) is 4.74 Å². The lowest BCUT2D eigenvalue weighted by atomic mass is 10.3. The Hall–Kier alpha value is -1.78. The van der Waals surface area contributed by atoms with Crippen LogP contribution in [0.3, 0.4) is 0 Å². The Balaban J connectivity index is 2.21. The van der Waals surface area contributed by atoms with E-state index in [2.05, 4.69) is 10.1 Å². The molecule has 0 unspecified atom stereocenters. The monoisotopic (exact) mass is 227 g/mol. The second-order valence-electron chi connectivity index (χ2n) is 2.93. The van der Waals surface area contributed by atoms with Crippen LogP contribution >= 0.6 is 0 Å². The molecule has 1 aromatic carbocycles. The average molecular weight is 227 g/mol. The van der Waals surface area contributed by atoms with Gasteiger partial charge in [0.05, 0.1) is 13.2 Å². The summed E-state index contributed by atoms with van der Waals surface area (Å²) < 4.78 is 22.8. The number of nitrogens with one attached hydrogen (secondary N) is 1. The Morgan fingerprint density at radius 1 is 1.44 bits per heavy atom. The van der Waals surface area contributed by atoms with Crippen LogP contribution in [0.1, 0.15) is 6.92 Å². The van der Waals surface area contributed by atoms with Crippen LogP contribution in [0.2, 0.25) is 0 Å². The molecule has 0 saturated heterocycles. The van der Waals surface area contributed by atoms with Gasteiger partial charge in [-0.15, -0.1) is 0 Å². The van der Waals surface area contributed by atoms with Crippen molar-refractivity contribution in [3.8, 4) is 5.75 Å². The first-order valence-corrected chi connectivity index (χ1v) is 5.02. The van der Waals surface area contributed by atoms with E-state index in [1.54, 1.807) is 19.1 Å². The molecule has 0 atom stereocenters. The van der Waals surface area contributed by atoms with E-state index in [1.165, 1.54) is 12.1 Å². The van der Waals surface area contributed by atoms with Crippen molar-refractivity contribution >= 4 is 6.09 Å². The third-order valence-electron chi connectivity index (χ3n) is 1.74. The third-order valence-corrected chi connectivity index (χ3v) is 1.74. The molecule has 16 heavy (non-hydrogen) atoms. The van der Waals surface area contributed by atoms with Crippen molar-refractivity contribution in [3.63, 3.8) is 0 Å². The van der Waals surface area contributed by atoms with Crippen LogP contribution in [0.4, 0.5) is 9.18 Å². The summed E-state index contributed by atoms with van der Waals surface area (Å²) in [5, 5.41) is 2.46. The number of ether oxygens (including phenoxy) is 2. The number of halogens is 1. The zero-order valence-corrected chi connectivity index (χ0v) is 9.03. The van der Waals surface area contributed by atoms with Crippen LogP contribution in [0, 0.1) is 5.82 Å². The van der Waals surface area contributed by atoms with E-state index in [9.17, 15) is 9.18 Å². The molecule has 4 nitrogen and oxygen atoms in total. The van der Waals surface area contributed by atoms with Crippen LogP contribution in [0.15, 0.2) is 24.3 Å². The van der Waals surface area contributed by atoms with Crippen molar-refractivity contribution in [2.45, 2.75) is 6.92 Å². The molecule has 0 aliphatic rings. The van der Waals surface area contributed by atoms with E-state index in [-0.39, 0.29) is 18.9 Å². The highest BCUT2D eigenvalue weighted by Gasteiger charge is 2.02. The Labute approximate surface area is 93.4 Å². The minimum absolute atomic E-state index is 0.174. The number of carbonyl (C=O) groups is 1. The summed E-state index contributed by atoms with van der Waals surface area (Å²) in [4.78, 5) is 10.9. The average Bonchev–Trinajstić information content (AvgIpc) is 2.27. The minimum Gasteiger partial charge on any atom is -0.489 e. The maximum Gasteiger partial charge on any atom is 0.407 e. The Morgan fingerprint density at radius 3 is 2.88 bits per heavy atom. The lowest BCUT2D eigenvalue weighted by molar-refractivity contribution is 0.150. The van der Waals surface area contributed by atoms with E-state index in [0.29, 0.717) is 6.61 Å². The molecule has 1 rings (SSSR count). The number of para-hydroxylation sites is 1. The molecule has 0 fully saturated rings. The van der Waals surface area contributed by atoms with Crippen molar-refractivity contribution in [1.82, 2.24) is 5.32 Å². The van der Waals surface area contributed by atoms with Crippen molar-refractivity contribution in [3.05, 3.63) is 30.1 Å². The lowest BCUT2D eigenvalue weighted by Crippen LogP contribution is -2.28. The predicted molar refractivity (Wildman–Crippen MR) is 56.9 cm³/mol. The van der Waals surface area contributed by atoms with Gasteiger partial charge in [0.1, 0.15) is 6.61 Å². The fourth-order valence-electron chi connectivity index (χ4n) is 1.06. The molecule has 0 bridgehead atoms. The van der Waals surface area contributed by atoms with Gasteiger partial charge in [-0.1, -0.05) is 12.1 Å². The SMILES string of the molecule is CCOC(=O)NCCOc1ccccc1F. The first kappa shape index (κ1) is 12.3. The largest absolute Gasteiger partial charge is 0.489 e. The van der Waals surface area contributed by atoms with Crippen molar-refractivity contribution in [2.24, 2.45) is 0 Å². The number of alkyl carbamates (subject to hydrolysis) is 1. The summed E-state index contributed by atoms with van der Waals surface area (Å²) in [7, 11) is 0. The summed E-state index contributed by atoms with van der Waals surface area (Å²) in [5.74, 6) is -0.244. The molecule has 1 aromatic rings. The van der Waals surface area contributed by atoms with Crippen LogP contribution in [0.25, 0.3) is 0 Å². The molecule has 5 heteroatoms. The quantitative estimate of drug-likeness (QED) is 0.782. The number of carbonyl (C=O) groups excluding carboxylic acids is 1. The fourth-order valence-corrected chi connectivity index (χ4v) is 1.06.